The van der Waals surface area contributed by atoms with E-state index in [-0.39, 0.29) is 29.1 Å². The molecule has 35 heavy (non-hydrogen) atoms. The molecule has 2 fully saturated rings. The smallest absolute Gasteiger partial charge is 0.256 e. The van der Waals surface area contributed by atoms with Gasteiger partial charge in [0.25, 0.3) is 5.91 Å². The van der Waals surface area contributed by atoms with Crippen molar-refractivity contribution in [1.29, 1.82) is 0 Å². The molecule has 2 aliphatic heterocycles. The van der Waals surface area contributed by atoms with Crippen LogP contribution >= 0.6 is 23.2 Å². The van der Waals surface area contributed by atoms with Crippen LogP contribution in [0.25, 0.3) is 0 Å². The van der Waals surface area contributed by atoms with E-state index in [1.807, 2.05) is 0 Å². The molecule has 2 aromatic rings. The van der Waals surface area contributed by atoms with E-state index < -0.39 is 15.9 Å². The lowest BCUT2D eigenvalue weighted by atomic mass is 9.98. The van der Waals surface area contributed by atoms with E-state index in [0.29, 0.717) is 67.5 Å². The number of nitrogens with one attached hydrogen (secondary N) is 1. The zero-order valence-corrected chi connectivity index (χ0v) is 21.4. The number of rotatable bonds is 6. The molecule has 2 amide bonds. The molecule has 2 aromatic carbocycles. The Morgan fingerprint density at radius 1 is 1.06 bits per heavy atom. The lowest BCUT2D eigenvalue weighted by Crippen LogP contribution is -2.44. The van der Waals surface area contributed by atoms with Crippen molar-refractivity contribution in [3.8, 4) is 0 Å². The maximum absolute atomic E-state index is 13.1. The fraction of sp³-hybridized carbons (Fsp3) is 0.417. The van der Waals surface area contributed by atoms with Crippen molar-refractivity contribution in [2.24, 2.45) is 5.92 Å². The van der Waals surface area contributed by atoms with Crippen molar-refractivity contribution in [2.45, 2.75) is 18.6 Å². The Labute approximate surface area is 215 Å². The van der Waals surface area contributed by atoms with Gasteiger partial charge in [-0.15, -0.1) is 0 Å². The van der Waals surface area contributed by atoms with Crippen LogP contribution in [-0.2, 0) is 25.3 Å². The first kappa shape index (κ1) is 25.9. The van der Waals surface area contributed by atoms with E-state index in [1.54, 1.807) is 41.3 Å². The minimum atomic E-state index is -3.69. The number of para-hydroxylation sites is 1. The first-order valence-corrected chi connectivity index (χ1v) is 13.8. The molecule has 1 atom stereocenters. The predicted molar refractivity (Wildman–Crippen MR) is 135 cm³/mol. The van der Waals surface area contributed by atoms with E-state index in [0.717, 1.165) is 0 Å². The molecule has 188 valence electrons. The Kier molecular flexibility index (Phi) is 8.34. The number of hydrogen-bond acceptors (Lipinski definition) is 5. The predicted octanol–water partition coefficient (Wildman–Crippen LogP) is 3.65. The van der Waals surface area contributed by atoms with Gasteiger partial charge < -0.3 is 15.0 Å². The second-order valence-corrected chi connectivity index (χ2v) is 11.4. The summed E-state index contributed by atoms with van der Waals surface area (Å²) in [7, 11) is -3.69. The molecule has 4 rings (SSSR count). The Hall–Kier alpha value is -2.17. The molecule has 0 aromatic heterocycles. The van der Waals surface area contributed by atoms with Crippen molar-refractivity contribution in [2.75, 3.05) is 44.7 Å². The molecule has 2 saturated heterocycles. The summed E-state index contributed by atoms with van der Waals surface area (Å²) in [5, 5.41) is 3.58. The zero-order valence-electron chi connectivity index (χ0n) is 19.1. The first-order valence-electron chi connectivity index (χ1n) is 11.4. The van der Waals surface area contributed by atoms with Gasteiger partial charge >= 0.3 is 0 Å². The van der Waals surface area contributed by atoms with E-state index in [9.17, 15) is 18.0 Å². The summed E-state index contributed by atoms with van der Waals surface area (Å²) in [6, 6.07) is 11.6. The summed E-state index contributed by atoms with van der Waals surface area (Å²) < 4.78 is 32.8. The van der Waals surface area contributed by atoms with Crippen LogP contribution in [0.15, 0.2) is 42.5 Å². The van der Waals surface area contributed by atoms with Gasteiger partial charge in [-0.2, -0.15) is 0 Å². The molecule has 2 heterocycles. The monoisotopic (exact) mass is 539 g/mol. The van der Waals surface area contributed by atoms with Gasteiger partial charge in [0.2, 0.25) is 15.9 Å². The fourth-order valence-electron chi connectivity index (χ4n) is 4.29. The zero-order chi connectivity index (χ0) is 25.0. The minimum Gasteiger partial charge on any atom is -0.378 e. The third-order valence-corrected chi connectivity index (χ3v) is 8.60. The van der Waals surface area contributed by atoms with Crippen LogP contribution in [0.1, 0.15) is 28.8 Å². The third kappa shape index (κ3) is 6.34. The first-order chi connectivity index (χ1) is 16.7. The Bertz CT molecular complexity index is 1200. The van der Waals surface area contributed by atoms with Crippen LogP contribution in [0.2, 0.25) is 10.0 Å². The molecule has 0 saturated carbocycles. The number of halogens is 2. The standard InChI is InChI=1S/C24H27Cl2N3O5S/c25-19-8-7-18(21(26)14-19)16-35(32,33)29-9-3-4-17(15-29)23(30)27-22-6-2-1-5-20(22)24(31)28-10-12-34-13-11-28/h1-2,5-8,14,17H,3-4,9-13,15-16H2,(H,27,30). The van der Waals surface area contributed by atoms with Crippen LogP contribution in [0.3, 0.4) is 0 Å². The number of amides is 2. The molecule has 0 radical (unpaired) electrons. The SMILES string of the molecule is O=C(Nc1ccccc1C(=O)N1CCOCC1)C1CCCN(S(=O)(=O)Cc2ccc(Cl)cc2Cl)C1. The number of piperidine rings is 1. The number of carbonyl (C=O) groups is 2. The molecule has 0 spiro atoms. The largest absolute Gasteiger partial charge is 0.378 e. The number of ether oxygens (including phenoxy) is 1. The topological polar surface area (TPSA) is 96.0 Å². The summed E-state index contributed by atoms with van der Waals surface area (Å²) in [6.07, 6.45) is 1.11. The van der Waals surface area contributed by atoms with Crippen LogP contribution in [-0.4, -0.2) is 68.8 Å². The van der Waals surface area contributed by atoms with E-state index in [1.165, 1.54) is 10.4 Å². The molecule has 8 nitrogen and oxygen atoms in total. The number of hydrogen-bond donors (Lipinski definition) is 1. The summed E-state index contributed by atoms with van der Waals surface area (Å²) in [5.41, 5.74) is 1.28. The molecular weight excluding hydrogens is 513 g/mol. The molecule has 0 bridgehead atoms. The maximum Gasteiger partial charge on any atom is 0.256 e. The van der Waals surface area contributed by atoms with E-state index in [4.69, 9.17) is 27.9 Å². The number of morpholine rings is 1. The van der Waals surface area contributed by atoms with Crippen molar-refractivity contribution in [3.05, 3.63) is 63.6 Å². The fourth-order valence-corrected chi connectivity index (χ4v) is 6.48. The van der Waals surface area contributed by atoms with Crippen molar-refractivity contribution in [1.82, 2.24) is 9.21 Å². The number of nitrogens with zero attached hydrogens (tertiary/aromatic N) is 2. The van der Waals surface area contributed by atoms with Gasteiger partial charge in [-0.05, 0) is 42.7 Å². The minimum absolute atomic E-state index is 0.0684. The normalized spacial score (nSPS) is 19.4. The van der Waals surface area contributed by atoms with Crippen LogP contribution in [0.4, 0.5) is 5.69 Å². The number of sulfonamides is 1. The highest BCUT2D eigenvalue weighted by Crippen LogP contribution is 2.27. The number of anilines is 1. The van der Waals surface area contributed by atoms with Crippen molar-refractivity contribution >= 4 is 50.7 Å². The van der Waals surface area contributed by atoms with E-state index >= 15 is 0 Å². The van der Waals surface area contributed by atoms with Gasteiger partial charge in [0.05, 0.1) is 36.1 Å². The maximum atomic E-state index is 13.1. The van der Waals surface area contributed by atoms with Crippen LogP contribution < -0.4 is 5.32 Å². The Balaban J connectivity index is 1.44. The van der Waals surface area contributed by atoms with Crippen LogP contribution in [0, 0.1) is 5.92 Å². The quantitative estimate of drug-likeness (QED) is 0.604. The molecular formula is C24H27Cl2N3O5S. The highest BCUT2D eigenvalue weighted by Gasteiger charge is 2.33. The number of carbonyl (C=O) groups excluding carboxylic acids is 2. The Morgan fingerprint density at radius 3 is 2.54 bits per heavy atom. The highest BCUT2D eigenvalue weighted by molar-refractivity contribution is 7.88. The summed E-state index contributed by atoms with van der Waals surface area (Å²) in [5.74, 6) is -1.28. The highest BCUT2D eigenvalue weighted by atomic mass is 35.5. The number of benzene rings is 2. The van der Waals surface area contributed by atoms with Crippen molar-refractivity contribution in [3.63, 3.8) is 0 Å². The second kappa shape index (κ2) is 11.3. The third-order valence-electron chi connectivity index (χ3n) is 6.21. The van der Waals surface area contributed by atoms with E-state index in [2.05, 4.69) is 5.32 Å². The molecule has 0 aliphatic carbocycles. The van der Waals surface area contributed by atoms with Gasteiger partial charge in [0.15, 0.2) is 0 Å². The molecule has 11 heteroatoms. The lowest BCUT2D eigenvalue weighted by molar-refractivity contribution is -0.120. The molecule has 2 aliphatic rings. The van der Waals surface area contributed by atoms with Gasteiger partial charge in [-0.3, -0.25) is 9.59 Å². The average molecular weight is 540 g/mol. The van der Waals surface area contributed by atoms with Gasteiger partial charge in [-0.25, -0.2) is 12.7 Å². The summed E-state index contributed by atoms with van der Waals surface area (Å²) in [6.45, 7) is 2.35. The molecule has 1 unspecified atom stereocenters. The van der Waals surface area contributed by atoms with Crippen molar-refractivity contribution < 1.29 is 22.7 Å². The van der Waals surface area contributed by atoms with Gasteiger partial charge in [0.1, 0.15) is 0 Å². The summed E-state index contributed by atoms with van der Waals surface area (Å²) >= 11 is 12.1. The molecule has 1 N–H and O–H groups in total. The van der Waals surface area contributed by atoms with Gasteiger partial charge in [0, 0.05) is 36.2 Å². The summed E-state index contributed by atoms with van der Waals surface area (Å²) in [4.78, 5) is 27.8. The van der Waals surface area contributed by atoms with Crippen LogP contribution in [0.5, 0.6) is 0 Å². The Morgan fingerprint density at radius 2 is 1.80 bits per heavy atom. The lowest BCUT2D eigenvalue weighted by Gasteiger charge is -2.31. The second-order valence-electron chi connectivity index (χ2n) is 8.63. The van der Waals surface area contributed by atoms with Gasteiger partial charge in [-0.1, -0.05) is 41.4 Å². The average Bonchev–Trinajstić information content (AvgIpc) is 2.86.